The molecular formula is C33H35N7O6. The minimum atomic E-state index is -1.71. The van der Waals surface area contributed by atoms with Gasteiger partial charge >= 0.3 is 11.9 Å². The molecule has 4 aromatic rings. The van der Waals surface area contributed by atoms with Crippen LogP contribution < -0.4 is 10.6 Å². The number of rotatable bonds is 10. The van der Waals surface area contributed by atoms with E-state index >= 15 is 0 Å². The third-order valence-electron chi connectivity index (χ3n) is 7.12. The lowest BCUT2D eigenvalue weighted by Gasteiger charge is -2.32. The Labute approximate surface area is 265 Å². The highest BCUT2D eigenvalue weighted by atomic mass is 16.4. The van der Waals surface area contributed by atoms with Crippen molar-refractivity contribution in [3.05, 3.63) is 95.9 Å². The van der Waals surface area contributed by atoms with Crippen LogP contribution in [0.5, 0.6) is 0 Å². The summed E-state index contributed by atoms with van der Waals surface area (Å²) in [6.45, 7) is 7.24. The topological polar surface area (TPSA) is 178 Å². The molecule has 0 atom stereocenters. The number of likely N-dealkylation sites (N-methyl/N-ethyl adjacent to an activating group) is 1. The van der Waals surface area contributed by atoms with Crippen LogP contribution in [0.15, 0.2) is 79.3 Å². The van der Waals surface area contributed by atoms with E-state index in [1.165, 1.54) is 5.56 Å². The van der Waals surface area contributed by atoms with E-state index in [1.807, 2.05) is 67.6 Å². The van der Waals surface area contributed by atoms with Crippen molar-refractivity contribution in [2.45, 2.75) is 19.9 Å². The number of ketones is 1. The van der Waals surface area contributed by atoms with Gasteiger partial charge < -0.3 is 25.7 Å². The third kappa shape index (κ3) is 10.0. The van der Waals surface area contributed by atoms with Crippen molar-refractivity contribution in [1.29, 1.82) is 0 Å². The monoisotopic (exact) mass is 625 g/mol. The zero-order chi connectivity index (χ0) is 33.1. The maximum Gasteiger partial charge on any atom is 0.372 e. The number of carboxylic acid groups (broad SMARTS) is 2. The van der Waals surface area contributed by atoms with E-state index in [2.05, 4.69) is 42.4 Å². The molecule has 3 heterocycles. The second-order valence-electron chi connectivity index (χ2n) is 10.7. The number of nitrogens with one attached hydrogen (secondary N) is 2. The molecule has 1 aliphatic rings. The number of amides is 1. The number of aryl methyl sites for hydroxylation is 1. The number of carbonyl (C=O) groups excluding carboxylic acids is 2. The van der Waals surface area contributed by atoms with Crippen LogP contribution in [-0.4, -0.2) is 91.8 Å². The molecular weight excluding hydrogens is 590 g/mol. The molecule has 46 heavy (non-hydrogen) atoms. The van der Waals surface area contributed by atoms with E-state index in [-0.39, 0.29) is 5.91 Å². The Balaban J connectivity index is 0.000000468. The van der Waals surface area contributed by atoms with Gasteiger partial charge in [-0.15, -0.1) is 0 Å². The second-order valence-corrected chi connectivity index (χ2v) is 10.7. The molecule has 4 N–H and O–H groups in total. The van der Waals surface area contributed by atoms with Crippen LogP contribution in [0, 0.1) is 6.92 Å². The van der Waals surface area contributed by atoms with Crippen molar-refractivity contribution >= 4 is 41.0 Å². The summed E-state index contributed by atoms with van der Waals surface area (Å²) in [5.74, 6) is -4.11. The van der Waals surface area contributed by atoms with E-state index in [4.69, 9.17) is 10.2 Å². The standard InChI is InChI=1S/C29H31N7O.C4H4O5/c1-21-5-10-25(18-27(21)34-29-31-13-11-26(33-29)24-4-3-12-30-19-24)32-28(37)23-8-6-22(7-9-23)20-36-16-14-35(2)15-17-36;5-2(4(8)9)1-3(6)7/h3-13,18-19H,14-17,20H2,1-2H3,(H,32,37)(H,31,33,34);1H2,(H,6,7)(H,8,9). The van der Waals surface area contributed by atoms with Crippen molar-refractivity contribution in [1.82, 2.24) is 24.8 Å². The zero-order valence-corrected chi connectivity index (χ0v) is 25.5. The summed E-state index contributed by atoms with van der Waals surface area (Å²) < 4.78 is 0. The van der Waals surface area contributed by atoms with Crippen LogP contribution >= 0.6 is 0 Å². The Morgan fingerprint density at radius 1 is 0.913 bits per heavy atom. The molecule has 0 spiro atoms. The van der Waals surface area contributed by atoms with Crippen molar-refractivity contribution in [3.8, 4) is 11.3 Å². The minimum Gasteiger partial charge on any atom is -0.481 e. The number of piperazine rings is 1. The Morgan fingerprint density at radius 3 is 2.28 bits per heavy atom. The van der Waals surface area contributed by atoms with E-state index in [9.17, 15) is 19.2 Å². The van der Waals surface area contributed by atoms with E-state index < -0.39 is 24.1 Å². The molecule has 2 aromatic carbocycles. The lowest BCUT2D eigenvalue weighted by atomic mass is 10.1. The summed E-state index contributed by atoms with van der Waals surface area (Å²) in [5, 5.41) is 22.0. The molecule has 13 nitrogen and oxygen atoms in total. The molecule has 0 aliphatic carbocycles. The van der Waals surface area contributed by atoms with E-state index in [0.717, 1.165) is 55.2 Å². The van der Waals surface area contributed by atoms with E-state index in [0.29, 0.717) is 17.2 Å². The van der Waals surface area contributed by atoms with Gasteiger partial charge in [-0.1, -0.05) is 18.2 Å². The van der Waals surface area contributed by atoms with Gasteiger partial charge in [-0.3, -0.25) is 24.3 Å². The number of benzene rings is 2. The minimum absolute atomic E-state index is 0.143. The fraction of sp³-hybridized carbons (Fsp3) is 0.242. The fourth-order valence-electron chi connectivity index (χ4n) is 4.49. The van der Waals surface area contributed by atoms with Crippen molar-refractivity contribution in [3.63, 3.8) is 0 Å². The second kappa shape index (κ2) is 16.0. The highest BCUT2D eigenvalue weighted by Gasteiger charge is 2.16. The number of aliphatic carboxylic acids is 2. The van der Waals surface area contributed by atoms with Crippen LogP contribution in [0.25, 0.3) is 11.3 Å². The average molecular weight is 626 g/mol. The molecule has 1 aliphatic heterocycles. The predicted molar refractivity (Wildman–Crippen MR) is 172 cm³/mol. The predicted octanol–water partition coefficient (Wildman–Crippen LogP) is 3.71. The molecule has 1 amide bonds. The summed E-state index contributed by atoms with van der Waals surface area (Å²) in [6.07, 6.45) is 4.27. The largest absolute Gasteiger partial charge is 0.481 e. The van der Waals surface area contributed by atoms with Gasteiger partial charge in [-0.05, 0) is 67.6 Å². The van der Waals surface area contributed by atoms with Gasteiger partial charge in [0.15, 0.2) is 0 Å². The summed E-state index contributed by atoms with van der Waals surface area (Å²) in [4.78, 5) is 60.1. The van der Waals surface area contributed by atoms with Gasteiger partial charge in [-0.2, -0.15) is 0 Å². The number of nitrogens with zero attached hydrogens (tertiary/aromatic N) is 5. The highest BCUT2D eigenvalue weighted by Crippen LogP contribution is 2.25. The molecule has 1 fully saturated rings. The Bertz CT molecular complexity index is 1670. The first-order valence-corrected chi connectivity index (χ1v) is 14.5. The maximum absolute atomic E-state index is 12.9. The molecule has 0 bridgehead atoms. The number of Topliss-reactive ketones (excluding diaryl/α,β-unsaturated/α-hetero) is 1. The zero-order valence-electron chi connectivity index (χ0n) is 25.5. The summed E-state index contributed by atoms with van der Waals surface area (Å²) in [5.41, 5.74) is 6.08. The normalized spacial score (nSPS) is 13.2. The van der Waals surface area contributed by atoms with Crippen LogP contribution in [0.2, 0.25) is 0 Å². The number of carbonyl (C=O) groups is 4. The Kier molecular flexibility index (Phi) is 11.6. The van der Waals surface area contributed by atoms with Gasteiger partial charge in [0.05, 0.1) is 5.69 Å². The molecule has 13 heteroatoms. The number of pyridine rings is 1. The lowest BCUT2D eigenvalue weighted by molar-refractivity contribution is -0.152. The van der Waals surface area contributed by atoms with E-state index in [1.54, 1.807) is 18.6 Å². The molecule has 1 saturated heterocycles. The van der Waals surface area contributed by atoms with Crippen molar-refractivity contribution in [2.24, 2.45) is 0 Å². The van der Waals surface area contributed by atoms with Crippen LogP contribution in [0.3, 0.4) is 0 Å². The number of hydrogen-bond donors (Lipinski definition) is 4. The smallest absolute Gasteiger partial charge is 0.372 e. The Hall–Kier alpha value is -5.53. The molecule has 238 valence electrons. The molecule has 0 saturated carbocycles. The SMILES string of the molecule is Cc1ccc(NC(=O)c2ccc(CN3CCN(C)CC3)cc2)cc1Nc1nccc(-c2cccnc2)n1.O=C(O)CC(=O)C(=O)O. The van der Waals surface area contributed by atoms with Crippen LogP contribution in [0.4, 0.5) is 17.3 Å². The van der Waals surface area contributed by atoms with Gasteiger partial charge in [0.2, 0.25) is 5.95 Å². The summed E-state index contributed by atoms with van der Waals surface area (Å²) >= 11 is 0. The lowest BCUT2D eigenvalue weighted by Crippen LogP contribution is -2.43. The van der Waals surface area contributed by atoms with Gasteiger partial charge in [-0.25, -0.2) is 14.8 Å². The number of carboxylic acids is 2. The first-order valence-electron chi connectivity index (χ1n) is 14.5. The number of aromatic nitrogens is 3. The summed E-state index contributed by atoms with van der Waals surface area (Å²) in [6, 6.07) is 19.3. The molecule has 2 aromatic heterocycles. The molecule has 0 unspecified atom stereocenters. The average Bonchev–Trinajstić information content (AvgIpc) is 3.04. The number of hydrogen-bond acceptors (Lipinski definition) is 10. The Morgan fingerprint density at radius 2 is 1.65 bits per heavy atom. The number of anilines is 3. The van der Waals surface area contributed by atoms with Gasteiger partial charge in [0.25, 0.3) is 11.7 Å². The van der Waals surface area contributed by atoms with Crippen LogP contribution in [-0.2, 0) is 20.9 Å². The van der Waals surface area contributed by atoms with Crippen LogP contribution in [0.1, 0.15) is 27.9 Å². The molecule has 0 radical (unpaired) electrons. The maximum atomic E-state index is 12.9. The highest BCUT2D eigenvalue weighted by molar-refractivity contribution is 6.35. The first-order chi connectivity index (χ1) is 22.1. The summed E-state index contributed by atoms with van der Waals surface area (Å²) in [7, 11) is 2.16. The quantitative estimate of drug-likeness (QED) is 0.149. The third-order valence-corrected chi connectivity index (χ3v) is 7.12. The molecule has 5 rings (SSSR count). The fourth-order valence-corrected chi connectivity index (χ4v) is 4.49. The van der Waals surface area contributed by atoms with Crippen molar-refractivity contribution in [2.75, 3.05) is 43.9 Å². The van der Waals surface area contributed by atoms with Gasteiger partial charge in [0, 0.05) is 73.8 Å². The van der Waals surface area contributed by atoms with Gasteiger partial charge in [0.1, 0.15) is 6.42 Å². The van der Waals surface area contributed by atoms with Crippen molar-refractivity contribution < 1.29 is 29.4 Å². The first kappa shape index (κ1) is 33.4.